The molecular formula is C17H28Cl3MnN5. The normalized spacial score (nSPS) is 27.8. The van der Waals surface area contributed by atoms with E-state index in [0.29, 0.717) is 0 Å². The Morgan fingerprint density at radius 2 is 1.65 bits per heavy atom. The van der Waals surface area contributed by atoms with Crippen LogP contribution in [0.3, 0.4) is 0 Å². The van der Waals surface area contributed by atoms with E-state index >= 15 is 0 Å². The van der Waals surface area contributed by atoms with Crippen molar-refractivity contribution in [3.8, 4) is 0 Å². The molecule has 0 N–H and O–H groups in total. The maximum atomic E-state index is 6.67. The van der Waals surface area contributed by atoms with Gasteiger partial charge in [-0.2, -0.15) is 0 Å². The van der Waals surface area contributed by atoms with Crippen molar-refractivity contribution in [2.45, 2.75) is 12.0 Å². The first-order valence-electron chi connectivity index (χ1n) is 8.62. The molecule has 149 valence electrons. The van der Waals surface area contributed by atoms with Gasteiger partial charge in [0.05, 0.1) is 11.2 Å². The van der Waals surface area contributed by atoms with Crippen molar-refractivity contribution in [1.82, 2.24) is 24.6 Å². The van der Waals surface area contributed by atoms with Gasteiger partial charge in [-0.15, -0.1) is 11.6 Å². The van der Waals surface area contributed by atoms with Crippen molar-refractivity contribution in [3.63, 3.8) is 0 Å². The van der Waals surface area contributed by atoms with Crippen molar-refractivity contribution in [1.29, 1.82) is 0 Å². The number of hydrogen-bond acceptors (Lipinski definition) is 5. The van der Waals surface area contributed by atoms with Crippen LogP contribution in [0, 0.1) is 0 Å². The van der Waals surface area contributed by atoms with Gasteiger partial charge in [-0.25, -0.2) is 0 Å². The molecule has 1 aromatic heterocycles. The summed E-state index contributed by atoms with van der Waals surface area (Å²) in [4.78, 5) is 14.4. The van der Waals surface area contributed by atoms with Crippen LogP contribution in [-0.2, 0) is 23.6 Å². The van der Waals surface area contributed by atoms with E-state index in [1.165, 1.54) is 0 Å². The largest absolute Gasteiger partial charge is 2.00 e. The maximum absolute atomic E-state index is 6.67. The number of nitrogens with zero attached hydrogens (tertiary/aromatic N) is 5. The first-order valence-corrected chi connectivity index (χ1v) is 9.05. The number of halogens is 3. The summed E-state index contributed by atoms with van der Waals surface area (Å²) in [5.74, 6) is 0. The molecule has 0 aliphatic carbocycles. The average molecular weight is 464 g/mol. The van der Waals surface area contributed by atoms with E-state index in [9.17, 15) is 0 Å². The van der Waals surface area contributed by atoms with Crippen LogP contribution in [0.1, 0.15) is 5.69 Å². The number of aromatic nitrogens is 1. The zero-order chi connectivity index (χ0) is 16.1. The third-order valence-corrected chi connectivity index (χ3v) is 5.32. The van der Waals surface area contributed by atoms with Crippen molar-refractivity contribution < 1.29 is 41.9 Å². The zero-order valence-electron chi connectivity index (χ0n) is 15.2. The number of hydrogen-bond donors (Lipinski definition) is 0. The summed E-state index contributed by atoms with van der Waals surface area (Å²) in [7, 11) is 2.18. The second kappa shape index (κ2) is 13.5. The van der Waals surface area contributed by atoms with E-state index < -0.39 is 0 Å². The van der Waals surface area contributed by atoms with Crippen molar-refractivity contribution in [2.75, 3.05) is 66.0 Å². The van der Waals surface area contributed by atoms with Crippen LogP contribution >= 0.6 is 11.6 Å². The van der Waals surface area contributed by atoms with E-state index in [-0.39, 0.29) is 47.4 Å². The fourth-order valence-corrected chi connectivity index (χ4v) is 3.75. The molecule has 1 aromatic rings. The minimum absolute atomic E-state index is 0. The third-order valence-electron chi connectivity index (χ3n) is 4.91. The monoisotopic (exact) mass is 462 g/mol. The van der Waals surface area contributed by atoms with Gasteiger partial charge in [0.15, 0.2) is 0 Å². The van der Waals surface area contributed by atoms with Crippen molar-refractivity contribution >= 4 is 11.6 Å². The number of rotatable bonds is 2. The van der Waals surface area contributed by atoms with Gasteiger partial charge in [0.1, 0.15) is 0 Å². The van der Waals surface area contributed by atoms with E-state index in [0.717, 1.165) is 71.1 Å². The number of alkyl halides is 1. The van der Waals surface area contributed by atoms with Crippen LogP contribution in [0.2, 0.25) is 0 Å². The quantitative estimate of drug-likeness (QED) is 0.249. The molecule has 3 heterocycles. The van der Waals surface area contributed by atoms with E-state index in [2.05, 4.69) is 43.8 Å². The topological polar surface area (TPSA) is 25.9 Å². The fourth-order valence-electron chi connectivity index (χ4n) is 3.32. The fraction of sp³-hybridized carbons (Fsp3) is 0.706. The predicted octanol–water partition coefficient (Wildman–Crippen LogP) is -4.98. The summed E-state index contributed by atoms with van der Waals surface area (Å²) in [5, 5.41) is 0. The summed E-state index contributed by atoms with van der Waals surface area (Å²) in [6, 6.07) is 6.16. The van der Waals surface area contributed by atoms with Crippen LogP contribution in [0.5, 0.6) is 0 Å². The Bertz CT molecular complexity index is 485. The average Bonchev–Trinajstić information content (AvgIpc) is 2.68. The molecule has 5 nitrogen and oxygen atoms in total. The number of likely N-dealkylation sites (N-methyl/N-ethyl adjacent to an activating group) is 1. The maximum Gasteiger partial charge on any atom is 2.00 e. The van der Waals surface area contributed by atoms with Gasteiger partial charge in [0.2, 0.25) is 0 Å². The van der Waals surface area contributed by atoms with E-state index in [1.54, 1.807) is 0 Å². The van der Waals surface area contributed by atoms with Crippen molar-refractivity contribution in [3.05, 3.63) is 30.1 Å². The Hall–Kier alpha value is 0.379. The van der Waals surface area contributed by atoms with Crippen molar-refractivity contribution in [2.24, 2.45) is 0 Å². The second-order valence-electron chi connectivity index (χ2n) is 6.67. The Kier molecular flexibility index (Phi) is 13.7. The third kappa shape index (κ3) is 8.17. The molecule has 2 aliphatic heterocycles. The molecule has 9 heteroatoms. The Balaban J connectivity index is 0.00000208. The van der Waals surface area contributed by atoms with Crippen LogP contribution in [0.15, 0.2) is 24.4 Å². The molecule has 0 saturated carbocycles. The molecule has 0 spiro atoms. The summed E-state index contributed by atoms with van der Waals surface area (Å²) in [5.41, 5.74) is 1.26. The molecular weight excluding hydrogens is 436 g/mol. The summed E-state index contributed by atoms with van der Waals surface area (Å²) in [6.07, 6.45) is 1.88. The summed E-state index contributed by atoms with van der Waals surface area (Å²) >= 11 is 6.67. The standard InChI is InChI=1S/C17H28ClN5.2ClH.Mn/c1-20-6-7-21-8-9-22(14-16-4-2-3-5-19-16)11-13-23(12-10-21)17(18)15-20;;;/h2-5,17H,6-15H2,1H3;2*1H;/q;;;+2/p-2. The van der Waals surface area contributed by atoms with Gasteiger partial charge >= 0.3 is 17.1 Å². The van der Waals surface area contributed by atoms with E-state index in [1.807, 2.05) is 12.3 Å². The second-order valence-corrected chi connectivity index (χ2v) is 7.18. The molecule has 0 amide bonds. The molecule has 2 bridgehead atoms. The molecule has 0 aromatic carbocycles. The van der Waals surface area contributed by atoms with Gasteiger partial charge < -0.3 is 29.7 Å². The Morgan fingerprint density at radius 3 is 2.38 bits per heavy atom. The Morgan fingerprint density at radius 1 is 1.00 bits per heavy atom. The zero-order valence-corrected chi connectivity index (χ0v) is 18.7. The summed E-state index contributed by atoms with van der Waals surface area (Å²) in [6.45, 7) is 10.6. The predicted molar refractivity (Wildman–Crippen MR) is 94.7 cm³/mol. The van der Waals surface area contributed by atoms with Crippen LogP contribution in [0.4, 0.5) is 0 Å². The van der Waals surface area contributed by atoms with Gasteiger partial charge in [0.25, 0.3) is 0 Å². The smallest absolute Gasteiger partial charge is 1.00 e. The first-order chi connectivity index (χ1) is 11.2. The van der Waals surface area contributed by atoms with Gasteiger partial charge in [-0.05, 0) is 19.2 Å². The van der Waals surface area contributed by atoms with Crippen LogP contribution in [-0.4, -0.2) is 96.0 Å². The molecule has 3 atom stereocenters. The van der Waals surface area contributed by atoms with Gasteiger partial charge in [-0.3, -0.25) is 19.7 Å². The van der Waals surface area contributed by atoms with Crippen LogP contribution in [0.25, 0.3) is 0 Å². The number of pyridine rings is 1. The van der Waals surface area contributed by atoms with Gasteiger partial charge in [-0.1, -0.05) is 6.07 Å². The molecule has 2 aliphatic rings. The first kappa shape index (κ1) is 26.4. The molecule has 26 heavy (non-hydrogen) atoms. The molecule has 3 unspecified atom stereocenters. The summed E-state index contributed by atoms with van der Waals surface area (Å²) < 4.78 is 0. The van der Waals surface area contributed by atoms with E-state index in [4.69, 9.17) is 11.6 Å². The Labute approximate surface area is 185 Å². The van der Waals surface area contributed by atoms with Gasteiger partial charge in [0, 0.05) is 71.6 Å². The SMILES string of the molecule is CN1CCN2CCN(Cc3ccccn3)CCN(CC2)C(Cl)C1.[Cl-].[Cl-].[Mn+2]. The molecule has 1 radical (unpaired) electrons. The van der Waals surface area contributed by atoms with Crippen LogP contribution < -0.4 is 24.8 Å². The molecule has 3 rings (SSSR count). The minimum Gasteiger partial charge on any atom is -1.00 e. The molecule has 2 saturated heterocycles. The minimum atomic E-state index is 0. The molecule has 2 fully saturated rings. The number of fused-ring (bicyclic) bond motifs is 3.